The van der Waals surface area contributed by atoms with E-state index < -0.39 is 6.10 Å². The molecule has 19 heavy (non-hydrogen) atoms. The highest BCUT2D eigenvalue weighted by atomic mass is 16.5. The van der Waals surface area contributed by atoms with E-state index in [1.54, 1.807) is 7.11 Å². The number of hydrogen-bond acceptors (Lipinski definition) is 4. The lowest BCUT2D eigenvalue weighted by Crippen LogP contribution is -2.45. The van der Waals surface area contributed by atoms with Crippen LogP contribution in [0.3, 0.4) is 0 Å². The molecular formula is C15H31NO3. The van der Waals surface area contributed by atoms with Gasteiger partial charge in [0.2, 0.25) is 0 Å². The van der Waals surface area contributed by atoms with Gasteiger partial charge in [0.1, 0.15) is 0 Å². The van der Waals surface area contributed by atoms with Crippen molar-refractivity contribution in [3.8, 4) is 0 Å². The van der Waals surface area contributed by atoms with Gasteiger partial charge in [-0.25, -0.2) is 0 Å². The molecule has 1 saturated heterocycles. The Morgan fingerprint density at radius 2 is 2.11 bits per heavy atom. The first-order chi connectivity index (χ1) is 9.17. The smallest absolute Gasteiger partial charge is 0.0900 e. The number of aliphatic hydroxyl groups is 1. The van der Waals surface area contributed by atoms with Gasteiger partial charge in [0.15, 0.2) is 0 Å². The number of ether oxygens (including phenoxy) is 2. The normalized spacial score (nSPS) is 24.3. The molecule has 4 heteroatoms. The van der Waals surface area contributed by atoms with Crippen LogP contribution in [0.1, 0.15) is 46.0 Å². The van der Waals surface area contributed by atoms with Gasteiger partial charge < -0.3 is 14.6 Å². The van der Waals surface area contributed by atoms with Gasteiger partial charge in [-0.15, -0.1) is 0 Å². The summed E-state index contributed by atoms with van der Waals surface area (Å²) >= 11 is 0. The highest BCUT2D eigenvalue weighted by Gasteiger charge is 2.23. The maximum Gasteiger partial charge on any atom is 0.0900 e. The molecule has 1 aliphatic rings. The Balaban J connectivity index is 2.26. The van der Waals surface area contributed by atoms with Crippen molar-refractivity contribution in [2.75, 3.05) is 33.4 Å². The molecule has 4 nitrogen and oxygen atoms in total. The molecule has 1 N–H and O–H groups in total. The van der Waals surface area contributed by atoms with Crippen LogP contribution in [0.25, 0.3) is 0 Å². The Bertz CT molecular complexity index is 223. The SMILES string of the molecule is CCCC1CCCCN1CC(O)COC(C)COC. The lowest BCUT2D eigenvalue weighted by Gasteiger charge is -2.37. The molecular weight excluding hydrogens is 242 g/mol. The molecule has 0 bridgehead atoms. The minimum absolute atomic E-state index is 0.0486. The summed E-state index contributed by atoms with van der Waals surface area (Å²) in [7, 11) is 1.67. The van der Waals surface area contributed by atoms with Crippen molar-refractivity contribution in [1.82, 2.24) is 4.90 Å². The van der Waals surface area contributed by atoms with Crippen LogP contribution in [0.15, 0.2) is 0 Å². The average Bonchev–Trinajstić information content (AvgIpc) is 2.39. The maximum absolute atomic E-state index is 10.1. The van der Waals surface area contributed by atoms with Crippen molar-refractivity contribution < 1.29 is 14.6 Å². The molecule has 0 spiro atoms. The second-order valence-electron chi connectivity index (χ2n) is 5.69. The Kier molecular flexibility index (Phi) is 8.62. The Labute approximate surface area is 118 Å². The summed E-state index contributed by atoms with van der Waals surface area (Å²) in [5.74, 6) is 0. The molecule has 0 aromatic rings. The van der Waals surface area contributed by atoms with E-state index in [1.807, 2.05) is 6.92 Å². The van der Waals surface area contributed by atoms with Crippen LogP contribution in [-0.2, 0) is 9.47 Å². The van der Waals surface area contributed by atoms with Crippen LogP contribution < -0.4 is 0 Å². The predicted octanol–water partition coefficient (Wildman–Crippen LogP) is 2.05. The average molecular weight is 273 g/mol. The molecule has 1 rings (SSSR count). The summed E-state index contributed by atoms with van der Waals surface area (Å²) in [4.78, 5) is 2.45. The Morgan fingerprint density at radius 1 is 1.32 bits per heavy atom. The second-order valence-corrected chi connectivity index (χ2v) is 5.69. The van der Waals surface area contributed by atoms with Crippen molar-refractivity contribution in [1.29, 1.82) is 0 Å². The summed E-state index contributed by atoms with van der Waals surface area (Å²) in [5, 5.41) is 10.1. The minimum atomic E-state index is -0.392. The van der Waals surface area contributed by atoms with Crippen LogP contribution in [0.4, 0.5) is 0 Å². The van der Waals surface area contributed by atoms with Crippen molar-refractivity contribution in [3.63, 3.8) is 0 Å². The van der Waals surface area contributed by atoms with Crippen molar-refractivity contribution in [2.24, 2.45) is 0 Å². The first-order valence-electron chi connectivity index (χ1n) is 7.70. The van der Waals surface area contributed by atoms with Crippen molar-refractivity contribution in [3.05, 3.63) is 0 Å². The maximum atomic E-state index is 10.1. The van der Waals surface area contributed by atoms with E-state index in [0.717, 1.165) is 13.1 Å². The van der Waals surface area contributed by atoms with Gasteiger partial charge in [-0.05, 0) is 32.7 Å². The highest BCUT2D eigenvalue weighted by molar-refractivity contribution is 4.78. The summed E-state index contributed by atoms with van der Waals surface area (Å²) in [5.41, 5.74) is 0. The van der Waals surface area contributed by atoms with Gasteiger partial charge in [0.25, 0.3) is 0 Å². The fraction of sp³-hybridized carbons (Fsp3) is 1.00. The van der Waals surface area contributed by atoms with Crippen molar-refractivity contribution in [2.45, 2.75) is 64.2 Å². The molecule has 0 radical (unpaired) electrons. The summed E-state index contributed by atoms with van der Waals surface area (Å²) < 4.78 is 10.6. The van der Waals surface area contributed by atoms with Crippen LogP contribution in [0.2, 0.25) is 0 Å². The van der Waals surface area contributed by atoms with Gasteiger partial charge in [0.05, 0.1) is 25.4 Å². The molecule has 3 unspecified atom stereocenters. The number of hydrogen-bond donors (Lipinski definition) is 1. The molecule has 0 aromatic heterocycles. The fourth-order valence-electron chi connectivity index (χ4n) is 2.84. The highest BCUT2D eigenvalue weighted by Crippen LogP contribution is 2.20. The lowest BCUT2D eigenvalue weighted by atomic mass is 9.98. The standard InChI is InChI=1S/C15H31NO3/c1-4-7-14-8-5-6-9-16(14)10-15(17)12-19-13(2)11-18-3/h13-15,17H,4-12H2,1-3H3. The third kappa shape index (κ3) is 6.70. The summed E-state index contributed by atoms with van der Waals surface area (Å²) in [6, 6.07) is 0.657. The molecule has 0 aromatic carbocycles. The predicted molar refractivity (Wildman–Crippen MR) is 77.4 cm³/mol. The third-order valence-corrected chi connectivity index (χ3v) is 3.79. The third-order valence-electron chi connectivity index (χ3n) is 3.79. The molecule has 0 aliphatic carbocycles. The van der Waals surface area contributed by atoms with E-state index in [9.17, 15) is 5.11 Å². The number of β-amino-alcohol motifs (C(OH)–C–C–N with tert-alkyl or cyclic N) is 1. The first-order valence-corrected chi connectivity index (χ1v) is 7.70. The van der Waals surface area contributed by atoms with Gasteiger partial charge in [-0.3, -0.25) is 4.90 Å². The minimum Gasteiger partial charge on any atom is -0.389 e. The lowest BCUT2D eigenvalue weighted by molar-refractivity contribution is -0.0455. The van der Waals surface area contributed by atoms with E-state index in [4.69, 9.17) is 9.47 Å². The summed E-state index contributed by atoms with van der Waals surface area (Å²) in [6.45, 7) is 7.05. The van der Waals surface area contributed by atoms with Gasteiger partial charge in [-0.2, -0.15) is 0 Å². The zero-order chi connectivity index (χ0) is 14.1. The number of methoxy groups -OCH3 is 1. The zero-order valence-electron chi connectivity index (χ0n) is 12.8. The molecule has 0 amide bonds. The molecule has 114 valence electrons. The Hall–Kier alpha value is -0.160. The van der Waals surface area contributed by atoms with Crippen LogP contribution in [0, 0.1) is 0 Å². The van der Waals surface area contributed by atoms with Crippen LogP contribution >= 0.6 is 0 Å². The van der Waals surface area contributed by atoms with Crippen LogP contribution in [0.5, 0.6) is 0 Å². The Morgan fingerprint density at radius 3 is 2.79 bits per heavy atom. The molecule has 1 aliphatic heterocycles. The molecule has 3 atom stereocenters. The zero-order valence-corrected chi connectivity index (χ0v) is 12.8. The number of likely N-dealkylation sites (tertiary alicyclic amines) is 1. The van der Waals surface area contributed by atoms with Gasteiger partial charge in [-0.1, -0.05) is 19.8 Å². The summed E-state index contributed by atoms with van der Waals surface area (Å²) in [6.07, 6.45) is 5.99. The largest absolute Gasteiger partial charge is 0.389 e. The molecule has 1 fully saturated rings. The molecule has 0 saturated carbocycles. The second kappa shape index (κ2) is 9.70. The first kappa shape index (κ1) is 16.9. The van der Waals surface area contributed by atoms with Crippen LogP contribution in [-0.4, -0.2) is 61.7 Å². The van der Waals surface area contributed by atoms with Gasteiger partial charge >= 0.3 is 0 Å². The fourth-order valence-corrected chi connectivity index (χ4v) is 2.84. The number of piperidine rings is 1. The van der Waals surface area contributed by atoms with E-state index in [2.05, 4.69) is 11.8 Å². The van der Waals surface area contributed by atoms with E-state index in [-0.39, 0.29) is 6.10 Å². The quantitative estimate of drug-likeness (QED) is 0.698. The van der Waals surface area contributed by atoms with E-state index in [0.29, 0.717) is 19.3 Å². The van der Waals surface area contributed by atoms with Crippen molar-refractivity contribution >= 4 is 0 Å². The topological polar surface area (TPSA) is 41.9 Å². The monoisotopic (exact) mass is 273 g/mol. The number of nitrogens with zero attached hydrogens (tertiary/aromatic N) is 1. The van der Waals surface area contributed by atoms with E-state index >= 15 is 0 Å². The van der Waals surface area contributed by atoms with E-state index in [1.165, 1.54) is 32.1 Å². The van der Waals surface area contributed by atoms with Gasteiger partial charge in [0, 0.05) is 19.7 Å². The number of aliphatic hydroxyl groups excluding tert-OH is 1. The number of rotatable bonds is 9. The molecule has 1 heterocycles.